The molecule has 1 heterocycles. The number of fused-ring (bicyclic) bond motifs is 1. The molecule has 0 unspecified atom stereocenters. The average molecular weight is 402 g/mol. The lowest BCUT2D eigenvalue weighted by molar-refractivity contribution is -0.137. The van der Waals surface area contributed by atoms with Crippen LogP contribution in [0.5, 0.6) is 5.75 Å². The second kappa shape index (κ2) is 6.66. The molecule has 0 spiro atoms. The average Bonchev–Trinajstić information content (AvgIpc) is 2.69. The van der Waals surface area contributed by atoms with Gasteiger partial charge in [0, 0.05) is 17.1 Å². The number of aromatic hydroxyl groups is 1. The number of hydrogen-bond donors (Lipinski definition) is 3. The number of rotatable bonds is 2. The number of phenols is 1. The highest BCUT2D eigenvalue weighted by Crippen LogP contribution is 2.55. The van der Waals surface area contributed by atoms with Gasteiger partial charge in [-0.1, -0.05) is 12.8 Å². The molecule has 0 radical (unpaired) electrons. The van der Waals surface area contributed by atoms with Gasteiger partial charge in [0.15, 0.2) is 0 Å². The molecule has 3 N–H and O–H groups in total. The highest BCUT2D eigenvalue weighted by Gasteiger charge is 2.51. The van der Waals surface area contributed by atoms with E-state index >= 15 is 0 Å². The molecule has 1 saturated heterocycles. The Bertz CT molecular complexity index is 921. The lowest BCUT2D eigenvalue weighted by Gasteiger charge is -2.56. The third kappa shape index (κ3) is 3.08. The minimum Gasteiger partial charge on any atom is -0.506 e. The van der Waals surface area contributed by atoms with Crippen molar-refractivity contribution in [2.45, 2.75) is 56.2 Å². The van der Waals surface area contributed by atoms with Crippen LogP contribution in [0.15, 0.2) is 36.4 Å². The van der Waals surface area contributed by atoms with Crippen LogP contribution in [-0.2, 0) is 18.0 Å². The monoisotopic (exact) mass is 402 g/mol. The molecule has 29 heavy (non-hydrogen) atoms. The van der Waals surface area contributed by atoms with Crippen LogP contribution in [0, 0.1) is 5.92 Å². The molecule has 0 aromatic heterocycles. The molecular formula is C23H25F3N2O. The van der Waals surface area contributed by atoms with Crippen molar-refractivity contribution in [2.75, 3.05) is 11.9 Å². The summed E-state index contributed by atoms with van der Waals surface area (Å²) in [6.07, 6.45) is 2.61. The van der Waals surface area contributed by atoms with Crippen molar-refractivity contribution in [3.05, 3.63) is 53.1 Å². The predicted octanol–water partition coefficient (Wildman–Crippen LogP) is 5.50. The van der Waals surface area contributed by atoms with Crippen LogP contribution in [-0.4, -0.2) is 17.7 Å². The van der Waals surface area contributed by atoms with Gasteiger partial charge in [-0.05, 0) is 85.7 Å². The summed E-state index contributed by atoms with van der Waals surface area (Å²) in [7, 11) is 0. The van der Waals surface area contributed by atoms with Crippen molar-refractivity contribution in [1.29, 1.82) is 0 Å². The number of hydrogen-bond acceptors (Lipinski definition) is 3. The van der Waals surface area contributed by atoms with Gasteiger partial charge in [0.05, 0.1) is 11.3 Å². The molecule has 2 aromatic carbocycles. The zero-order valence-corrected chi connectivity index (χ0v) is 16.1. The fraction of sp³-hybridized carbons (Fsp3) is 0.478. The Labute approximate surface area is 168 Å². The highest BCUT2D eigenvalue weighted by atomic mass is 19.4. The van der Waals surface area contributed by atoms with Crippen LogP contribution < -0.4 is 10.6 Å². The minimum absolute atomic E-state index is 0.159. The fourth-order valence-corrected chi connectivity index (χ4v) is 5.97. The van der Waals surface area contributed by atoms with E-state index in [-0.39, 0.29) is 11.2 Å². The Hall–Kier alpha value is -2.21. The molecule has 5 rings (SSSR count). The normalized spacial score (nSPS) is 28.4. The lowest BCUT2D eigenvalue weighted by atomic mass is 9.53. The molecule has 1 saturated carbocycles. The molecule has 2 aliphatic carbocycles. The first kappa shape index (κ1) is 18.8. The molecule has 0 amide bonds. The van der Waals surface area contributed by atoms with E-state index in [0.29, 0.717) is 23.3 Å². The van der Waals surface area contributed by atoms with Crippen LogP contribution in [0.25, 0.3) is 0 Å². The summed E-state index contributed by atoms with van der Waals surface area (Å²) in [5.74, 6) is 0.796. The molecular weight excluding hydrogens is 377 g/mol. The molecule has 6 heteroatoms. The first-order valence-corrected chi connectivity index (χ1v) is 10.4. The lowest BCUT2D eigenvalue weighted by Crippen LogP contribution is -2.59. The van der Waals surface area contributed by atoms with Gasteiger partial charge in [-0.25, -0.2) is 0 Å². The molecule has 2 aromatic rings. The predicted molar refractivity (Wildman–Crippen MR) is 107 cm³/mol. The Balaban J connectivity index is 1.48. The Morgan fingerprint density at radius 2 is 1.86 bits per heavy atom. The summed E-state index contributed by atoms with van der Waals surface area (Å²) in [6, 6.07) is 9.29. The largest absolute Gasteiger partial charge is 0.506 e. The van der Waals surface area contributed by atoms with E-state index in [1.165, 1.54) is 48.9 Å². The topological polar surface area (TPSA) is 44.3 Å². The maximum atomic E-state index is 12.8. The van der Waals surface area contributed by atoms with Gasteiger partial charge in [-0.15, -0.1) is 0 Å². The maximum Gasteiger partial charge on any atom is 0.416 e. The molecule has 2 fully saturated rings. The zero-order valence-electron chi connectivity index (χ0n) is 16.1. The zero-order chi connectivity index (χ0) is 20.2. The summed E-state index contributed by atoms with van der Waals surface area (Å²) >= 11 is 0. The van der Waals surface area contributed by atoms with Gasteiger partial charge in [0.25, 0.3) is 0 Å². The first-order valence-electron chi connectivity index (χ1n) is 10.4. The van der Waals surface area contributed by atoms with Crippen molar-refractivity contribution in [2.24, 2.45) is 5.92 Å². The van der Waals surface area contributed by atoms with Crippen LogP contribution in [0.4, 0.5) is 24.5 Å². The molecule has 3 nitrogen and oxygen atoms in total. The van der Waals surface area contributed by atoms with Gasteiger partial charge >= 0.3 is 6.18 Å². The maximum absolute atomic E-state index is 12.8. The number of anilines is 2. The van der Waals surface area contributed by atoms with Gasteiger partial charge < -0.3 is 15.7 Å². The second-order valence-corrected chi connectivity index (χ2v) is 8.75. The van der Waals surface area contributed by atoms with Crippen LogP contribution in [0.1, 0.15) is 48.8 Å². The van der Waals surface area contributed by atoms with E-state index in [2.05, 4.69) is 10.6 Å². The van der Waals surface area contributed by atoms with Crippen molar-refractivity contribution in [3.8, 4) is 5.75 Å². The van der Waals surface area contributed by atoms with Crippen LogP contribution in [0.2, 0.25) is 0 Å². The molecule has 3 aliphatic rings. The number of piperidine rings is 1. The summed E-state index contributed by atoms with van der Waals surface area (Å²) in [5.41, 5.74) is 3.08. The van der Waals surface area contributed by atoms with E-state index in [1.807, 2.05) is 12.1 Å². The van der Waals surface area contributed by atoms with E-state index < -0.39 is 11.7 Å². The van der Waals surface area contributed by atoms with Crippen LogP contribution in [0.3, 0.4) is 0 Å². The van der Waals surface area contributed by atoms with E-state index in [4.69, 9.17) is 0 Å². The van der Waals surface area contributed by atoms with Crippen molar-refractivity contribution >= 4 is 11.4 Å². The summed E-state index contributed by atoms with van der Waals surface area (Å²) in [4.78, 5) is 0. The van der Waals surface area contributed by atoms with Gasteiger partial charge in [0.1, 0.15) is 5.75 Å². The number of nitrogens with one attached hydrogen (secondary N) is 2. The summed E-state index contributed by atoms with van der Waals surface area (Å²) in [6.45, 7) is 1.02. The van der Waals surface area contributed by atoms with Gasteiger partial charge in [-0.2, -0.15) is 13.2 Å². The van der Waals surface area contributed by atoms with Crippen molar-refractivity contribution in [3.63, 3.8) is 0 Å². The van der Waals surface area contributed by atoms with Crippen molar-refractivity contribution in [1.82, 2.24) is 5.32 Å². The number of alkyl halides is 3. The third-order valence-electron chi connectivity index (χ3n) is 7.25. The fourth-order valence-electron chi connectivity index (χ4n) is 5.97. The quantitative estimate of drug-likeness (QED) is 0.581. The van der Waals surface area contributed by atoms with E-state index in [0.717, 1.165) is 31.5 Å². The Kier molecular flexibility index (Phi) is 4.32. The van der Waals surface area contributed by atoms with E-state index in [1.54, 1.807) is 0 Å². The number of halogens is 3. The Morgan fingerprint density at radius 3 is 2.62 bits per heavy atom. The number of phenolic OH excluding ortho intramolecular Hbond substituents is 1. The smallest absolute Gasteiger partial charge is 0.416 e. The van der Waals surface area contributed by atoms with Crippen molar-refractivity contribution < 1.29 is 18.3 Å². The molecule has 1 aliphatic heterocycles. The minimum atomic E-state index is -4.35. The van der Waals surface area contributed by atoms with E-state index in [9.17, 15) is 18.3 Å². The first-order chi connectivity index (χ1) is 13.9. The third-order valence-corrected chi connectivity index (χ3v) is 7.25. The highest BCUT2D eigenvalue weighted by molar-refractivity contribution is 5.69. The molecule has 154 valence electrons. The molecule has 2 bridgehead atoms. The molecule has 3 atom stereocenters. The second-order valence-electron chi connectivity index (χ2n) is 8.75. The SMILES string of the molecule is Oc1cc2c(cc1Nc1ccc(C(F)(F)F)cc1)C[C@@H]1NCC[C@]23CCCC[C@H]13. The van der Waals surface area contributed by atoms with Gasteiger partial charge in [-0.3, -0.25) is 0 Å². The summed E-state index contributed by atoms with van der Waals surface area (Å²) < 4.78 is 38.3. The standard InChI is InChI=1S/C23H25F3N2O/c24-23(25,26)15-4-6-16(7-5-15)28-20-12-14-11-19-17-3-1-2-8-22(17,9-10-27-19)18(14)13-21(20)29/h4-7,12-13,17,19,27-29H,1-3,8-11H2/t17-,19+,22+/m1/s1. The Morgan fingerprint density at radius 1 is 1.07 bits per heavy atom. The van der Waals surface area contributed by atoms with Crippen LogP contribution >= 0.6 is 0 Å². The van der Waals surface area contributed by atoms with Gasteiger partial charge in [0.2, 0.25) is 0 Å². The summed E-state index contributed by atoms with van der Waals surface area (Å²) in [5, 5.41) is 17.5. The number of benzene rings is 2.